The van der Waals surface area contributed by atoms with Crippen LogP contribution in [0, 0.1) is 0 Å². The number of likely N-dealkylation sites (tertiary alicyclic amines) is 1. The Kier molecular flexibility index (Phi) is 6.09. The standard InChI is InChI=1S/C23H25Cl2F2N3O4/c1-11-16-12(8-28-19-13(16)6-15(33-5)17(24)18(19)25)9-29(11)20(31)14-7-23(26,27)10-30(14)21(32)34-22(2,3)4/h6,8,11,14H,7,9-10H2,1-5H3/t11-,14+/m0/s1. The number of rotatable bonds is 2. The molecule has 0 saturated carbocycles. The molecule has 2 aliphatic rings. The van der Waals surface area contributed by atoms with E-state index in [9.17, 15) is 18.4 Å². The van der Waals surface area contributed by atoms with Gasteiger partial charge in [-0.2, -0.15) is 0 Å². The maximum Gasteiger partial charge on any atom is 0.411 e. The fourth-order valence-corrected chi connectivity index (χ4v) is 5.03. The second kappa shape index (κ2) is 8.37. The molecule has 1 fully saturated rings. The van der Waals surface area contributed by atoms with Crippen molar-refractivity contribution < 1.29 is 27.8 Å². The minimum Gasteiger partial charge on any atom is -0.495 e. The van der Waals surface area contributed by atoms with Crippen molar-refractivity contribution >= 4 is 46.1 Å². The molecular weight excluding hydrogens is 491 g/mol. The van der Waals surface area contributed by atoms with Crippen LogP contribution in [0.3, 0.4) is 0 Å². The maximum absolute atomic E-state index is 14.3. The topological polar surface area (TPSA) is 72.0 Å². The second-order valence-corrected chi connectivity index (χ2v) is 10.4. The first kappa shape index (κ1) is 24.7. The number of carbonyl (C=O) groups excluding carboxylic acids is 2. The molecule has 1 aromatic heterocycles. The number of pyridine rings is 1. The lowest BCUT2D eigenvalue weighted by Gasteiger charge is -2.31. The summed E-state index contributed by atoms with van der Waals surface area (Å²) in [6.07, 6.45) is -0.102. The third-order valence-corrected chi connectivity index (χ3v) is 6.88. The molecule has 2 aliphatic heterocycles. The number of fused-ring (bicyclic) bond motifs is 3. The van der Waals surface area contributed by atoms with Crippen molar-refractivity contribution in [2.75, 3.05) is 13.7 Å². The highest BCUT2D eigenvalue weighted by Gasteiger charge is 2.53. The molecular formula is C23H25Cl2F2N3O4. The zero-order chi connectivity index (χ0) is 25.2. The average molecular weight is 516 g/mol. The fourth-order valence-electron chi connectivity index (χ4n) is 4.56. The summed E-state index contributed by atoms with van der Waals surface area (Å²) in [5.74, 6) is -3.41. The Balaban J connectivity index is 1.69. The Hall–Kier alpha value is -2.39. The lowest BCUT2D eigenvalue weighted by molar-refractivity contribution is -0.138. The lowest BCUT2D eigenvalue weighted by Crippen LogP contribution is -2.48. The number of ether oxygens (including phenoxy) is 2. The second-order valence-electron chi connectivity index (χ2n) is 9.63. The maximum atomic E-state index is 14.3. The third-order valence-electron chi connectivity index (χ3n) is 6.05. The number of benzene rings is 1. The van der Waals surface area contributed by atoms with Crippen molar-refractivity contribution in [3.05, 3.63) is 33.4 Å². The highest BCUT2D eigenvalue weighted by atomic mass is 35.5. The summed E-state index contributed by atoms with van der Waals surface area (Å²) in [4.78, 5) is 32.9. The quantitative estimate of drug-likeness (QED) is 0.520. The van der Waals surface area contributed by atoms with Gasteiger partial charge in [0.05, 0.1) is 30.2 Å². The van der Waals surface area contributed by atoms with E-state index in [1.54, 1.807) is 40.0 Å². The van der Waals surface area contributed by atoms with Crippen molar-refractivity contribution in [3.63, 3.8) is 0 Å². The van der Waals surface area contributed by atoms with Gasteiger partial charge in [0.1, 0.15) is 22.4 Å². The Morgan fingerprint density at radius 2 is 1.88 bits per heavy atom. The van der Waals surface area contributed by atoms with Crippen LogP contribution < -0.4 is 4.74 Å². The molecule has 0 N–H and O–H groups in total. The first-order chi connectivity index (χ1) is 15.7. The summed E-state index contributed by atoms with van der Waals surface area (Å²) >= 11 is 12.7. The van der Waals surface area contributed by atoms with E-state index < -0.39 is 48.6 Å². The molecule has 11 heteroatoms. The third kappa shape index (κ3) is 4.24. The first-order valence-corrected chi connectivity index (χ1v) is 11.5. The van der Waals surface area contributed by atoms with E-state index in [0.29, 0.717) is 16.7 Å². The summed E-state index contributed by atoms with van der Waals surface area (Å²) in [7, 11) is 1.46. The number of carbonyl (C=O) groups is 2. The van der Waals surface area contributed by atoms with Gasteiger partial charge >= 0.3 is 6.09 Å². The van der Waals surface area contributed by atoms with E-state index in [1.165, 1.54) is 12.0 Å². The minimum absolute atomic E-state index is 0.158. The Labute approximate surface area is 205 Å². The zero-order valence-corrected chi connectivity index (χ0v) is 20.9. The molecule has 2 atom stereocenters. The van der Waals surface area contributed by atoms with Gasteiger partial charge in [0.15, 0.2) is 0 Å². The summed E-state index contributed by atoms with van der Waals surface area (Å²) in [5.41, 5.74) is 1.10. The average Bonchev–Trinajstić information content (AvgIpc) is 3.25. The van der Waals surface area contributed by atoms with E-state index in [2.05, 4.69) is 4.98 Å². The molecule has 34 heavy (non-hydrogen) atoms. The number of aromatic nitrogens is 1. The summed E-state index contributed by atoms with van der Waals surface area (Å²) in [6, 6.07) is -0.116. The minimum atomic E-state index is -3.20. The molecule has 0 spiro atoms. The highest BCUT2D eigenvalue weighted by Crippen LogP contribution is 2.45. The Bertz CT molecular complexity index is 1190. The normalized spacial score (nSPS) is 21.7. The molecule has 7 nitrogen and oxygen atoms in total. The zero-order valence-electron chi connectivity index (χ0n) is 19.4. The van der Waals surface area contributed by atoms with Crippen LogP contribution >= 0.6 is 23.2 Å². The van der Waals surface area contributed by atoms with Crippen molar-refractivity contribution in [1.82, 2.24) is 14.8 Å². The smallest absolute Gasteiger partial charge is 0.411 e. The van der Waals surface area contributed by atoms with Gasteiger partial charge in [-0.25, -0.2) is 13.6 Å². The van der Waals surface area contributed by atoms with Gasteiger partial charge in [-0.15, -0.1) is 0 Å². The number of alkyl halides is 2. The van der Waals surface area contributed by atoms with Crippen molar-refractivity contribution in [2.45, 2.75) is 64.3 Å². The van der Waals surface area contributed by atoms with Gasteiger partial charge in [-0.3, -0.25) is 14.7 Å². The molecule has 0 radical (unpaired) electrons. The molecule has 0 unspecified atom stereocenters. The summed E-state index contributed by atoms with van der Waals surface area (Å²) in [5, 5.41) is 1.11. The molecule has 1 saturated heterocycles. The van der Waals surface area contributed by atoms with Gasteiger partial charge < -0.3 is 14.4 Å². The predicted molar refractivity (Wildman–Crippen MR) is 124 cm³/mol. The van der Waals surface area contributed by atoms with E-state index in [4.69, 9.17) is 32.7 Å². The number of halogens is 4. The number of hydrogen-bond acceptors (Lipinski definition) is 5. The molecule has 3 heterocycles. The van der Waals surface area contributed by atoms with Gasteiger partial charge in [-0.1, -0.05) is 23.2 Å². The van der Waals surface area contributed by atoms with Crippen molar-refractivity contribution in [2.24, 2.45) is 0 Å². The van der Waals surface area contributed by atoms with Crippen LogP contribution in [0.4, 0.5) is 13.6 Å². The monoisotopic (exact) mass is 515 g/mol. The van der Waals surface area contributed by atoms with Crippen LogP contribution in [0.5, 0.6) is 5.75 Å². The van der Waals surface area contributed by atoms with Gasteiger partial charge in [0, 0.05) is 24.5 Å². The number of nitrogens with zero attached hydrogens (tertiary/aromatic N) is 3. The van der Waals surface area contributed by atoms with Crippen LogP contribution in [-0.2, 0) is 16.1 Å². The predicted octanol–water partition coefficient (Wildman–Crippen LogP) is 5.60. The van der Waals surface area contributed by atoms with E-state index in [1.807, 2.05) is 0 Å². The fraction of sp³-hybridized carbons (Fsp3) is 0.522. The molecule has 1 aromatic carbocycles. The molecule has 0 bridgehead atoms. The van der Waals surface area contributed by atoms with Crippen LogP contribution in [0.25, 0.3) is 10.9 Å². The molecule has 4 rings (SSSR count). The van der Waals surface area contributed by atoms with E-state index in [-0.39, 0.29) is 16.6 Å². The summed E-state index contributed by atoms with van der Waals surface area (Å²) < 4.78 is 39.3. The van der Waals surface area contributed by atoms with Crippen LogP contribution in [0.1, 0.15) is 51.3 Å². The number of hydrogen-bond donors (Lipinski definition) is 0. The van der Waals surface area contributed by atoms with Gasteiger partial charge in [-0.05, 0) is 44.9 Å². The summed E-state index contributed by atoms with van der Waals surface area (Å²) in [6.45, 7) is 5.99. The lowest BCUT2D eigenvalue weighted by atomic mass is 10.0. The largest absolute Gasteiger partial charge is 0.495 e. The van der Waals surface area contributed by atoms with E-state index >= 15 is 0 Å². The molecule has 184 valence electrons. The Morgan fingerprint density at radius 1 is 1.21 bits per heavy atom. The number of methoxy groups -OCH3 is 1. The van der Waals surface area contributed by atoms with Crippen molar-refractivity contribution in [1.29, 1.82) is 0 Å². The first-order valence-electron chi connectivity index (χ1n) is 10.8. The molecule has 0 aliphatic carbocycles. The SMILES string of the molecule is COc1cc2c3c(cnc2c(Cl)c1Cl)CN(C(=O)[C@H]1CC(F)(F)CN1C(=O)OC(C)(C)C)[C@H]3C. The van der Waals surface area contributed by atoms with Crippen LogP contribution in [0.2, 0.25) is 10.0 Å². The highest BCUT2D eigenvalue weighted by molar-refractivity contribution is 6.46. The molecule has 2 amide bonds. The van der Waals surface area contributed by atoms with E-state index in [0.717, 1.165) is 16.0 Å². The number of amides is 2. The van der Waals surface area contributed by atoms with Gasteiger partial charge in [0.25, 0.3) is 5.92 Å². The molecule has 2 aromatic rings. The van der Waals surface area contributed by atoms with Gasteiger partial charge in [0.2, 0.25) is 5.91 Å². The Morgan fingerprint density at radius 3 is 2.50 bits per heavy atom. The van der Waals surface area contributed by atoms with Crippen LogP contribution in [-0.4, -0.2) is 58.0 Å². The van der Waals surface area contributed by atoms with Crippen molar-refractivity contribution in [3.8, 4) is 5.75 Å². The van der Waals surface area contributed by atoms with Crippen LogP contribution in [0.15, 0.2) is 12.3 Å².